The number of rotatable bonds is 6. The van der Waals surface area contributed by atoms with Crippen molar-refractivity contribution >= 4 is 11.7 Å². The zero-order chi connectivity index (χ0) is 16.9. The van der Waals surface area contributed by atoms with Gasteiger partial charge < -0.3 is 15.7 Å². The Morgan fingerprint density at radius 1 is 1.35 bits per heavy atom. The van der Waals surface area contributed by atoms with Crippen molar-refractivity contribution in [3.63, 3.8) is 0 Å². The third-order valence-corrected chi connectivity index (χ3v) is 3.39. The minimum atomic E-state index is -0.390. The van der Waals surface area contributed by atoms with Crippen molar-refractivity contribution < 1.29 is 9.90 Å². The summed E-state index contributed by atoms with van der Waals surface area (Å²) in [5, 5.41) is 22.7. The summed E-state index contributed by atoms with van der Waals surface area (Å²) >= 11 is 0. The number of carbonyl (C=O) groups is 1. The maximum Gasteiger partial charge on any atom is 0.319 e. The van der Waals surface area contributed by atoms with Gasteiger partial charge in [-0.3, -0.25) is 0 Å². The molecule has 1 heterocycles. The van der Waals surface area contributed by atoms with Crippen LogP contribution >= 0.6 is 0 Å². The standard InChI is InChI=1S/C16H23N5O2/c1-12(22)10-16(2,3)11-17-15(23)19-13-4-6-14(7-5-13)21-9-8-18-20-21/h4-9,12,22H,10-11H2,1-3H3,(H2,17,19,23). The third kappa shape index (κ3) is 5.37. The van der Waals surface area contributed by atoms with E-state index in [0.29, 0.717) is 18.7 Å². The average Bonchev–Trinajstić information content (AvgIpc) is 2.99. The Morgan fingerprint density at radius 3 is 2.61 bits per heavy atom. The van der Waals surface area contributed by atoms with Crippen LogP contribution in [0.2, 0.25) is 0 Å². The van der Waals surface area contributed by atoms with Crippen molar-refractivity contribution in [3.05, 3.63) is 36.7 Å². The van der Waals surface area contributed by atoms with E-state index in [1.54, 1.807) is 36.1 Å². The minimum absolute atomic E-state index is 0.164. The molecule has 1 atom stereocenters. The van der Waals surface area contributed by atoms with Crippen LogP contribution in [0.4, 0.5) is 10.5 Å². The first-order chi connectivity index (χ1) is 10.9. The van der Waals surface area contributed by atoms with Crippen LogP contribution in [0.15, 0.2) is 36.7 Å². The molecule has 0 radical (unpaired) electrons. The van der Waals surface area contributed by atoms with Crippen LogP contribution in [0.3, 0.4) is 0 Å². The Balaban J connectivity index is 1.86. The van der Waals surface area contributed by atoms with Gasteiger partial charge in [0, 0.05) is 12.2 Å². The molecule has 7 heteroatoms. The zero-order valence-electron chi connectivity index (χ0n) is 13.7. The molecule has 2 rings (SSSR count). The number of urea groups is 1. The molecule has 0 aliphatic rings. The topological polar surface area (TPSA) is 92.1 Å². The molecular weight excluding hydrogens is 294 g/mol. The van der Waals surface area contributed by atoms with Gasteiger partial charge in [-0.25, -0.2) is 9.48 Å². The molecule has 0 bridgehead atoms. The normalized spacial score (nSPS) is 12.7. The average molecular weight is 317 g/mol. The number of carbonyl (C=O) groups excluding carboxylic acids is 1. The highest BCUT2D eigenvalue weighted by molar-refractivity contribution is 5.89. The van der Waals surface area contributed by atoms with Crippen molar-refractivity contribution in [1.29, 1.82) is 0 Å². The van der Waals surface area contributed by atoms with Crippen LogP contribution in [0, 0.1) is 5.41 Å². The third-order valence-electron chi connectivity index (χ3n) is 3.39. The minimum Gasteiger partial charge on any atom is -0.393 e. The van der Waals surface area contributed by atoms with Crippen molar-refractivity contribution in [2.24, 2.45) is 5.41 Å². The number of nitrogens with one attached hydrogen (secondary N) is 2. The summed E-state index contributed by atoms with van der Waals surface area (Å²) in [4.78, 5) is 11.9. The van der Waals surface area contributed by atoms with Gasteiger partial charge in [-0.15, -0.1) is 5.10 Å². The molecule has 2 amide bonds. The Hall–Kier alpha value is -2.41. The number of amides is 2. The van der Waals surface area contributed by atoms with Gasteiger partial charge in [0.15, 0.2) is 0 Å². The molecule has 124 valence electrons. The Morgan fingerprint density at radius 2 is 2.04 bits per heavy atom. The van der Waals surface area contributed by atoms with E-state index in [2.05, 4.69) is 20.9 Å². The highest BCUT2D eigenvalue weighted by Gasteiger charge is 2.21. The number of hydrogen-bond donors (Lipinski definition) is 3. The largest absolute Gasteiger partial charge is 0.393 e. The van der Waals surface area contributed by atoms with Crippen molar-refractivity contribution in [1.82, 2.24) is 20.3 Å². The lowest BCUT2D eigenvalue weighted by Crippen LogP contribution is -2.38. The lowest BCUT2D eigenvalue weighted by atomic mass is 9.87. The second-order valence-electron chi connectivity index (χ2n) is 6.42. The lowest BCUT2D eigenvalue weighted by molar-refractivity contribution is 0.129. The van der Waals surface area contributed by atoms with Gasteiger partial charge >= 0.3 is 6.03 Å². The number of aromatic nitrogens is 3. The van der Waals surface area contributed by atoms with Crippen molar-refractivity contribution in [2.75, 3.05) is 11.9 Å². The van der Waals surface area contributed by atoms with Crippen LogP contribution in [-0.4, -0.2) is 38.8 Å². The fourth-order valence-corrected chi connectivity index (χ4v) is 2.41. The maximum absolute atomic E-state index is 11.9. The number of aliphatic hydroxyl groups is 1. The number of anilines is 1. The molecule has 0 saturated carbocycles. The fourth-order valence-electron chi connectivity index (χ4n) is 2.41. The fraction of sp³-hybridized carbons (Fsp3) is 0.438. The Labute approximate surface area is 135 Å². The van der Waals surface area contributed by atoms with E-state index in [9.17, 15) is 9.90 Å². The maximum atomic E-state index is 11.9. The van der Waals surface area contributed by atoms with Gasteiger partial charge in [-0.05, 0) is 43.0 Å². The first-order valence-corrected chi connectivity index (χ1v) is 7.55. The smallest absolute Gasteiger partial charge is 0.319 e. The molecule has 0 fully saturated rings. The molecule has 1 aromatic carbocycles. The molecule has 1 unspecified atom stereocenters. The van der Waals surface area contributed by atoms with E-state index >= 15 is 0 Å². The monoisotopic (exact) mass is 317 g/mol. The number of benzene rings is 1. The molecule has 7 nitrogen and oxygen atoms in total. The van der Waals surface area contributed by atoms with E-state index in [-0.39, 0.29) is 17.6 Å². The predicted octanol–water partition coefficient (Wildman–Crippen LogP) is 2.19. The van der Waals surface area contributed by atoms with Gasteiger partial charge in [0.25, 0.3) is 0 Å². The van der Waals surface area contributed by atoms with Gasteiger partial charge in [0.1, 0.15) is 0 Å². The quantitative estimate of drug-likeness (QED) is 0.761. The lowest BCUT2D eigenvalue weighted by Gasteiger charge is -2.26. The highest BCUT2D eigenvalue weighted by Crippen LogP contribution is 2.21. The molecule has 0 aliphatic heterocycles. The van der Waals surface area contributed by atoms with E-state index in [1.165, 1.54) is 0 Å². The van der Waals surface area contributed by atoms with Crippen LogP contribution < -0.4 is 10.6 Å². The van der Waals surface area contributed by atoms with Gasteiger partial charge in [0.05, 0.1) is 24.2 Å². The highest BCUT2D eigenvalue weighted by atomic mass is 16.3. The molecule has 23 heavy (non-hydrogen) atoms. The second kappa shape index (κ2) is 7.23. The summed E-state index contributed by atoms with van der Waals surface area (Å²) in [6.07, 6.45) is 3.59. The molecule has 0 aliphatic carbocycles. The summed E-state index contributed by atoms with van der Waals surface area (Å²) in [5.74, 6) is 0. The first kappa shape index (κ1) is 17.0. The summed E-state index contributed by atoms with van der Waals surface area (Å²) in [7, 11) is 0. The summed E-state index contributed by atoms with van der Waals surface area (Å²) in [6.45, 7) is 6.25. The van der Waals surface area contributed by atoms with E-state index in [0.717, 1.165) is 5.69 Å². The van der Waals surface area contributed by atoms with Crippen molar-refractivity contribution in [2.45, 2.75) is 33.3 Å². The Bertz CT molecular complexity index is 620. The summed E-state index contributed by atoms with van der Waals surface area (Å²) < 4.78 is 1.64. The van der Waals surface area contributed by atoms with Crippen LogP contribution in [0.25, 0.3) is 5.69 Å². The molecule has 3 N–H and O–H groups in total. The Kier molecular flexibility index (Phi) is 5.33. The van der Waals surface area contributed by atoms with Gasteiger partial charge in [-0.2, -0.15) is 0 Å². The number of nitrogens with zero attached hydrogens (tertiary/aromatic N) is 3. The molecule has 2 aromatic rings. The molecule has 0 saturated heterocycles. The first-order valence-electron chi connectivity index (χ1n) is 7.55. The van der Waals surface area contributed by atoms with Crippen LogP contribution in [0.5, 0.6) is 0 Å². The van der Waals surface area contributed by atoms with E-state index in [1.807, 2.05) is 26.0 Å². The summed E-state index contributed by atoms with van der Waals surface area (Å²) in [5.41, 5.74) is 1.40. The number of aliphatic hydroxyl groups excluding tert-OH is 1. The number of hydrogen-bond acceptors (Lipinski definition) is 4. The molecular formula is C16H23N5O2. The molecule has 0 spiro atoms. The van der Waals surface area contributed by atoms with Crippen LogP contribution in [0.1, 0.15) is 27.2 Å². The van der Waals surface area contributed by atoms with E-state index < -0.39 is 0 Å². The molecule has 1 aromatic heterocycles. The van der Waals surface area contributed by atoms with Gasteiger partial charge in [0.2, 0.25) is 0 Å². The predicted molar refractivity (Wildman–Crippen MR) is 88.5 cm³/mol. The van der Waals surface area contributed by atoms with E-state index in [4.69, 9.17) is 0 Å². The van der Waals surface area contributed by atoms with Crippen molar-refractivity contribution in [3.8, 4) is 5.69 Å². The SMILES string of the molecule is CC(O)CC(C)(C)CNC(=O)Nc1ccc(-n2ccnn2)cc1. The van der Waals surface area contributed by atoms with Gasteiger partial charge in [-0.1, -0.05) is 19.1 Å². The second-order valence-corrected chi connectivity index (χ2v) is 6.42. The zero-order valence-corrected chi connectivity index (χ0v) is 13.7. The van der Waals surface area contributed by atoms with Crippen LogP contribution in [-0.2, 0) is 0 Å². The summed E-state index contributed by atoms with van der Waals surface area (Å²) in [6, 6.07) is 7.04.